The second-order valence-corrected chi connectivity index (χ2v) is 11.0. The highest BCUT2D eigenvalue weighted by molar-refractivity contribution is 5.95. The maximum absolute atomic E-state index is 14.1. The van der Waals surface area contributed by atoms with Crippen LogP contribution in [0.25, 0.3) is 0 Å². The van der Waals surface area contributed by atoms with Crippen LogP contribution in [-0.4, -0.2) is 85.2 Å². The molecule has 0 aromatic heterocycles. The van der Waals surface area contributed by atoms with Crippen molar-refractivity contribution in [1.29, 1.82) is 0 Å². The molecule has 1 amide bonds. The normalized spacial score (nSPS) is 16.0. The zero-order valence-electron chi connectivity index (χ0n) is 26.4. The van der Waals surface area contributed by atoms with E-state index in [-0.39, 0.29) is 5.91 Å². The molecule has 2 atom stereocenters. The smallest absolute Gasteiger partial charge is 0.254 e. The molecule has 1 heterocycles. The van der Waals surface area contributed by atoms with Gasteiger partial charge in [0.05, 0.1) is 41.2 Å². The predicted octanol–water partition coefficient (Wildman–Crippen LogP) is 4.87. The highest BCUT2D eigenvalue weighted by Crippen LogP contribution is 2.30. The van der Waals surface area contributed by atoms with Gasteiger partial charge in [-0.05, 0) is 72.8 Å². The number of methoxy groups -OCH3 is 4. The number of rotatable bonds is 18. The van der Waals surface area contributed by atoms with Crippen molar-refractivity contribution in [2.75, 3.05) is 74.4 Å². The minimum Gasteiger partial charge on any atom is -0.497 e. The zero-order chi connectivity index (χ0) is 31.1. The molecule has 0 spiro atoms. The quantitative estimate of drug-likeness (QED) is 0.206. The Labute approximate surface area is 261 Å². The van der Waals surface area contributed by atoms with Crippen LogP contribution in [0.2, 0.25) is 0 Å². The molecule has 0 aliphatic carbocycles. The Kier molecular flexibility index (Phi) is 13.2. The molecule has 9 heteroatoms. The number of benzene rings is 3. The van der Waals surface area contributed by atoms with E-state index in [1.54, 1.807) is 46.6 Å². The largest absolute Gasteiger partial charge is 0.497 e. The summed E-state index contributed by atoms with van der Waals surface area (Å²) in [5, 5.41) is 3.56. The van der Waals surface area contributed by atoms with Crippen molar-refractivity contribution in [2.24, 2.45) is 11.8 Å². The van der Waals surface area contributed by atoms with Crippen LogP contribution >= 0.6 is 0 Å². The molecule has 1 aliphatic heterocycles. The van der Waals surface area contributed by atoms with Gasteiger partial charge < -0.3 is 38.6 Å². The van der Waals surface area contributed by atoms with Crippen molar-refractivity contribution in [3.8, 4) is 23.0 Å². The van der Waals surface area contributed by atoms with Crippen molar-refractivity contribution in [1.82, 2.24) is 10.2 Å². The Morgan fingerprint density at radius 2 is 1.55 bits per heavy atom. The van der Waals surface area contributed by atoms with Crippen molar-refractivity contribution >= 4 is 5.91 Å². The number of hydrogen-bond donors (Lipinski definition) is 1. The summed E-state index contributed by atoms with van der Waals surface area (Å²) in [5.41, 5.74) is 2.80. The van der Waals surface area contributed by atoms with Gasteiger partial charge in [-0.3, -0.25) is 4.79 Å². The lowest BCUT2D eigenvalue weighted by atomic mass is 9.89. The van der Waals surface area contributed by atoms with E-state index >= 15 is 0 Å². The number of hydrogen-bond acceptors (Lipinski definition) is 8. The number of nitrogens with zero attached hydrogens (tertiary/aromatic N) is 1. The summed E-state index contributed by atoms with van der Waals surface area (Å²) in [6.45, 7) is 4.67. The van der Waals surface area contributed by atoms with Crippen molar-refractivity contribution in [3.63, 3.8) is 0 Å². The lowest BCUT2D eigenvalue weighted by Crippen LogP contribution is -2.40. The Balaban J connectivity index is 1.48. The van der Waals surface area contributed by atoms with Gasteiger partial charge in [-0.25, -0.2) is 0 Å². The average Bonchev–Trinajstić information content (AvgIpc) is 3.50. The standard InChI is InChI=1S/C35H46N2O7/c1-39-14-8-15-44-34-20-28(11-12-33(34)42-4)35(38)37(13-16-43-25-27-18-31(40-2)21-32(19-27)41-3)24-30-23-36-22-29(30)17-26-9-6-5-7-10-26/h5-7,9-12,18-21,29-30,36H,8,13-17,22-25H2,1-4H3. The fourth-order valence-electron chi connectivity index (χ4n) is 5.52. The zero-order valence-corrected chi connectivity index (χ0v) is 26.4. The molecular formula is C35H46N2O7. The summed E-state index contributed by atoms with van der Waals surface area (Å²) in [6.07, 6.45) is 1.70. The lowest BCUT2D eigenvalue weighted by Gasteiger charge is -2.29. The first-order valence-electron chi connectivity index (χ1n) is 15.2. The Morgan fingerprint density at radius 1 is 0.795 bits per heavy atom. The van der Waals surface area contributed by atoms with E-state index in [9.17, 15) is 4.79 Å². The van der Waals surface area contributed by atoms with Gasteiger partial charge in [-0.15, -0.1) is 0 Å². The third kappa shape index (κ3) is 9.61. The highest BCUT2D eigenvalue weighted by atomic mass is 16.5. The van der Waals surface area contributed by atoms with Crippen molar-refractivity contribution in [2.45, 2.75) is 19.4 Å². The number of ether oxygens (including phenoxy) is 6. The van der Waals surface area contributed by atoms with Gasteiger partial charge in [-0.2, -0.15) is 0 Å². The van der Waals surface area contributed by atoms with Crippen LogP contribution < -0.4 is 24.3 Å². The highest BCUT2D eigenvalue weighted by Gasteiger charge is 2.31. The summed E-state index contributed by atoms with van der Waals surface area (Å²) in [6, 6.07) is 21.6. The molecule has 9 nitrogen and oxygen atoms in total. The maximum atomic E-state index is 14.1. The molecule has 3 aromatic rings. The minimum absolute atomic E-state index is 0.0635. The number of nitrogens with one attached hydrogen (secondary N) is 1. The van der Waals surface area contributed by atoms with Crippen LogP contribution in [0.15, 0.2) is 66.7 Å². The van der Waals surface area contributed by atoms with Crippen LogP contribution in [-0.2, 0) is 22.5 Å². The molecule has 1 aliphatic rings. The monoisotopic (exact) mass is 606 g/mol. The maximum Gasteiger partial charge on any atom is 0.254 e. The molecule has 1 saturated heterocycles. The van der Waals surface area contributed by atoms with Crippen LogP contribution in [0, 0.1) is 11.8 Å². The van der Waals surface area contributed by atoms with E-state index < -0.39 is 0 Å². The van der Waals surface area contributed by atoms with E-state index in [1.807, 2.05) is 29.2 Å². The van der Waals surface area contributed by atoms with Gasteiger partial charge in [0.15, 0.2) is 11.5 Å². The first-order valence-corrected chi connectivity index (χ1v) is 15.2. The van der Waals surface area contributed by atoms with Crippen LogP contribution in [0.5, 0.6) is 23.0 Å². The molecule has 44 heavy (non-hydrogen) atoms. The molecule has 0 bridgehead atoms. The molecule has 4 rings (SSSR count). The molecule has 2 unspecified atom stereocenters. The summed E-state index contributed by atoms with van der Waals surface area (Å²) in [4.78, 5) is 16.0. The number of amides is 1. The van der Waals surface area contributed by atoms with Crippen LogP contribution in [0.1, 0.15) is 27.9 Å². The number of carbonyl (C=O) groups is 1. The van der Waals surface area contributed by atoms with E-state index in [2.05, 4.69) is 29.6 Å². The topological polar surface area (TPSA) is 87.7 Å². The van der Waals surface area contributed by atoms with E-state index in [0.29, 0.717) is 79.9 Å². The third-order valence-electron chi connectivity index (χ3n) is 7.91. The van der Waals surface area contributed by atoms with Crippen LogP contribution in [0.4, 0.5) is 0 Å². The van der Waals surface area contributed by atoms with E-state index in [0.717, 1.165) is 31.5 Å². The van der Waals surface area contributed by atoms with E-state index in [1.165, 1.54) is 5.56 Å². The van der Waals surface area contributed by atoms with Gasteiger partial charge in [0.1, 0.15) is 11.5 Å². The van der Waals surface area contributed by atoms with Gasteiger partial charge in [0.2, 0.25) is 0 Å². The third-order valence-corrected chi connectivity index (χ3v) is 7.91. The fraction of sp³-hybridized carbons (Fsp3) is 0.457. The second kappa shape index (κ2) is 17.5. The SMILES string of the molecule is COCCCOc1cc(C(=O)N(CCOCc2cc(OC)cc(OC)c2)CC2CNCC2Cc2ccccc2)ccc1OC. The second-order valence-electron chi connectivity index (χ2n) is 11.0. The molecule has 238 valence electrons. The predicted molar refractivity (Wildman–Crippen MR) is 170 cm³/mol. The molecule has 1 fully saturated rings. The summed E-state index contributed by atoms with van der Waals surface area (Å²) >= 11 is 0. The molecule has 3 aromatic carbocycles. The Morgan fingerprint density at radius 3 is 2.25 bits per heavy atom. The van der Waals surface area contributed by atoms with Crippen molar-refractivity contribution < 1.29 is 33.2 Å². The Bertz CT molecular complexity index is 1280. The van der Waals surface area contributed by atoms with Gasteiger partial charge in [-0.1, -0.05) is 30.3 Å². The summed E-state index contributed by atoms with van der Waals surface area (Å²) in [7, 11) is 6.51. The first kappa shape index (κ1) is 33.1. The first-order chi connectivity index (χ1) is 21.5. The van der Waals surface area contributed by atoms with Gasteiger partial charge in [0, 0.05) is 44.9 Å². The van der Waals surface area contributed by atoms with Gasteiger partial charge in [0.25, 0.3) is 5.91 Å². The molecular weight excluding hydrogens is 560 g/mol. The fourth-order valence-corrected chi connectivity index (χ4v) is 5.52. The molecule has 0 saturated carbocycles. The molecule has 0 radical (unpaired) electrons. The number of carbonyl (C=O) groups excluding carboxylic acids is 1. The Hall–Kier alpha value is -3.79. The van der Waals surface area contributed by atoms with Crippen LogP contribution in [0.3, 0.4) is 0 Å². The average molecular weight is 607 g/mol. The lowest BCUT2D eigenvalue weighted by molar-refractivity contribution is 0.0570. The molecule has 1 N–H and O–H groups in total. The summed E-state index contributed by atoms with van der Waals surface area (Å²) in [5.74, 6) is 3.22. The van der Waals surface area contributed by atoms with Crippen molar-refractivity contribution in [3.05, 3.63) is 83.4 Å². The van der Waals surface area contributed by atoms with Gasteiger partial charge >= 0.3 is 0 Å². The van der Waals surface area contributed by atoms with E-state index in [4.69, 9.17) is 28.4 Å². The minimum atomic E-state index is -0.0635. The summed E-state index contributed by atoms with van der Waals surface area (Å²) < 4.78 is 33.5.